The van der Waals surface area contributed by atoms with E-state index in [2.05, 4.69) is 12.2 Å². The van der Waals surface area contributed by atoms with Gasteiger partial charge in [0.15, 0.2) is 0 Å². The lowest BCUT2D eigenvalue weighted by molar-refractivity contribution is -0.120. The fourth-order valence-electron chi connectivity index (χ4n) is 4.53. The Hall–Kier alpha value is -2.30. The molecule has 2 aromatic rings. The molecular formula is C29H46N2O3. The van der Waals surface area contributed by atoms with Gasteiger partial charge < -0.3 is 15.5 Å². The average molecular weight is 471 g/mol. The fraction of sp³-hybridized carbons (Fsp3) is 0.655. The Morgan fingerprint density at radius 1 is 0.794 bits per heavy atom. The van der Waals surface area contributed by atoms with Gasteiger partial charge in [-0.2, -0.15) is 0 Å². The first kappa shape index (κ1) is 27.9. The molecule has 1 aromatic heterocycles. The molecule has 0 unspecified atom stereocenters. The molecule has 0 saturated carbocycles. The van der Waals surface area contributed by atoms with Crippen LogP contribution in [0.15, 0.2) is 33.5 Å². The molecule has 0 spiro atoms. The summed E-state index contributed by atoms with van der Waals surface area (Å²) in [6.07, 6.45) is 21.6. The minimum Gasteiger partial charge on any atom is -0.423 e. The number of benzene rings is 1. The highest BCUT2D eigenvalue weighted by atomic mass is 16.4. The van der Waals surface area contributed by atoms with Gasteiger partial charge in [0.1, 0.15) is 5.58 Å². The minimum atomic E-state index is -0.460. The van der Waals surface area contributed by atoms with Crippen molar-refractivity contribution in [1.29, 1.82) is 0 Å². The molecule has 34 heavy (non-hydrogen) atoms. The summed E-state index contributed by atoms with van der Waals surface area (Å²) in [5, 5.41) is 3.74. The van der Waals surface area contributed by atoms with Gasteiger partial charge in [0.05, 0.1) is 6.42 Å². The van der Waals surface area contributed by atoms with E-state index in [-0.39, 0.29) is 12.3 Å². The van der Waals surface area contributed by atoms with Crippen LogP contribution in [0.5, 0.6) is 0 Å². The van der Waals surface area contributed by atoms with Gasteiger partial charge in [-0.3, -0.25) is 4.79 Å². The number of fused-ring (bicyclic) bond motifs is 1. The van der Waals surface area contributed by atoms with Gasteiger partial charge >= 0.3 is 5.63 Å². The predicted molar refractivity (Wildman–Crippen MR) is 143 cm³/mol. The van der Waals surface area contributed by atoms with Crippen LogP contribution in [-0.4, -0.2) is 12.5 Å². The summed E-state index contributed by atoms with van der Waals surface area (Å²) < 4.78 is 5.19. The van der Waals surface area contributed by atoms with Crippen LogP contribution in [0.4, 0.5) is 5.69 Å². The van der Waals surface area contributed by atoms with Gasteiger partial charge in [-0.1, -0.05) is 103 Å². The Bertz CT molecular complexity index is 891. The number of amides is 1. The van der Waals surface area contributed by atoms with Crippen LogP contribution in [-0.2, 0) is 11.2 Å². The highest BCUT2D eigenvalue weighted by molar-refractivity contribution is 5.88. The number of nitrogens with one attached hydrogen (secondary N) is 1. The van der Waals surface area contributed by atoms with E-state index in [1.165, 1.54) is 96.0 Å². The second-order valence-corrected chi connectivity index (χ2v) is 9.68. The first-order valence-electron chi connectivity index (χ1n) is 13.7. The smallest absolute Gasteiger partial charge is 0.336 e. The molecule has 0 atom stereocenters. The molecule has 0 aliphatic heterocycles. The first-order chi connectivity index (χ1) is 16.6. The molecule has 0 aliphatic carbocycles. The molecule has 0 bridgehead atoms. The molecule has 1 amide bonds. The van der Waals surface area contributed by atoms with Crippen LogP contribution < -0.4 is 16.7 Å². The number of carbonyl (C=O) groups is 1. The maximum Gasteiger partial charge on any atom is 0.336 e. The summed E-state index contributed by atoms with van der Waals surface area (Å²) in [7, 11) is 0. The first-order valence-corrected chi connectivity index (χ1v) is 13.7. The van der Waals surface area contributed by atoms with Gasteiger partial charge in [0.25, 0.3) is 0 Å². The average Bonchev–Trinajstić information content (AvgIpc) is 2.80. The Morgan fingerprint density at radius 3 is 1.88 bits per heavy atom. The fourth-order valence-corrected chi connectivity index (χ4v) is 4.53. The zero-order valence-corrected chi connectivity index (χ0v) is 21.3. The molecule has 0 saturated heterocycles. The summed E-state index contributed by atoms with van der Waals surface area (Å²) >= 11 is 0. The topological polar surface area (TPSA) is 85.3 Å². The third-order valence-electron chi connectivity index (χ3n) is 6.56. The van der Waals surface area contributed by atoms with Crippen LogP contribution in [0.2, 0.25) is 0 Å². The molecule has 5 nitrogen and oxygen atoms in total. The van der Waals surface area contributed by atoms with E-state index in [0.717, 1.165) is 18.2 Å². The Kier molecular flexibility index (Phi) is 14.1. The van der Waals surface area contributed by atoms with Crippen molar-refractivity contribution in [3.05, 3.63) is 40.2 Å². The zero-order valence-electron chi connectivity index (χ0n) is 21.3. The van der Waals surface area contributed by atoms with Crippen molar-refractivity contribution in [3.8, 4) is 0 Å². The van der Waals surface area contributed by atoms with Gasteiger partial charge in [0, 0.05) is 29.8 Å². The maximum atomic E-state index is 12.3. The summed E-state index contributed by atoms with van der Waals surface area (Å²) in [4.78, 5) is 24.1. The number of hydrogen-bond donors (Lipinski definition) is 2. The third-order valence-corrected chi connectivity index (χ3v) is 6.56. The quantitative estimate of drug-likeness (QED) is 0.128. The molecular weight excluding hydrogens is 424 g/mol. The highest BCUT2D eigenvalue weighted by Crippen LogP contribution is 2.20. The Labute approximate surface area is 205 Å². The summed E-state index contributed by atoms with van der Waals surface area (Å²) in [5.74, 6) is -0.0651. The lowest BCUT2D eigenvalue weighted by Gasteiger charge is -2.08. The number of carbonyl (C=O) groups excluding carboxylic acids is 1. The van der Waals surface area contributed by atoms with Crippen molar-refractivity contribution in [1.82, 2.24) is 5.32 Å². The number of hydrogen-bond acceptors (Lipinski definition) is 4. The molecule has 0 fully saturated rings. The van der Waals surface area contributed by atoms with E-state index < -0.39 is 5.63 Å². The SMILES string of the molecule is CCCCCCCCCCCCCCCCCCNC(=O)Cc1cc(=O)oc2cc(N)ccc12. The van der Waals surface area contributed by atoms with Crippen molar-refractivity contribution >= 4 is 22.6 Å². The van der Waals surface area contributed by atoms with E-state index in [0.29, 0.717) is 23.4 Å². The van der Waals surface area contributed by atoms with E-state index in [1.54, 1.807) is 18.2 Å². The second-order valence-electron chi connectivity index (χ2n) is 9.68. The number of anilines is 1. The third kappa shape index (κ3) is 11.7. The van der Waals surface area contributed by atoms with Crippen LogP contribution in [0.1, 0.15) is 115 Å². The van der Waals surface area contributed by atoms with E-state index in [9.17, 15) is 9.59 Å². The molecule has 2 rings (SSSR count). The van der Waals surface area contributed by atoms with Crippen molar-refractivity contribution < 1.29 is 9.21 Å². The number of unbranched alkanes of at least 4 members (excludes halogenated alkanes) is 15. The van der Waals surface area contributed by atoms with Crippen LogP contribution >= 0.6 is 0 Å². The summed E-state index contributed by atoms with van der Waals surface area (Å²) in [6.45, 7) is 2.96. The van der Waals surface area contributed by atoms with E-state index in [4.69, 9.17) is 10.2 Å². The van der Waals surface area contributed by atoms with E-state index >= 15 is 0 Å². The molecule has 0 aliphatic rings. The second kappa shape index (κ2) is 17.2. The monoisotopic (exact) mass is 470 g/mol. The van der Waals surface area contributed by atoms with Crippen LogP contribution in [0.25, 0.3) is 11.0 Å². The van der Waals surface area contributed by atoms with Crippen molar-refractivity contribution in [2.45, 2.75) is 116 Å². The van der Waals surface area contributed by atoms with Gasteiger partial charge in [-0.25, -0.2) is 4.79 Å². The predicted octanol–water partition coefficient (Wildman–Crippen LogP) is 7.30. The minimum absolute atomic E-state index is 0.0651. The molecule has 3 N–H and O–H groups in total. The largest absolute Gasteiger partial charge is 0.423 e. The van der Waals surface area contributed by atoms with Crippen molar-refractivity contribution in [2.75, 3.05) is 12.3 Å². The molecule has 1 aromatic carbocycles. The molecule has 1 heterocycles. The van der Waals surface area contributed by atoms with Crippen molar-refractivity contribution in [3.63, 3.8) is 0 Å². The summed E-state index contributed by atoms with van der Waals surface area (Å²) in [6, 6.07) is 6.56. The lowest BCUT2D eigenvalue weighted by Crippen LogP contribution is -2.26. The maximum absolute atomic E-state index is 12.3. The Morgan fingerprint density at radius 2 is 1.32 bits per heavy atom. The lowest BCUT2D eigenvalue weighted by atomic mass is 10.0. The molecule has 0 radical (unpaired) electrons. The van der Waals surface area contributed by atoms with Crippen molar-refractivity contribution in [2.24, 2.45) is 0 Å². The van der Waals surface area contributed by atoms with Gasteiger partial charge in [-0.15, -0.1) is 0 Å². The van der Waals surface area contributed by atoms with Crippen LogP contribution in [0, 0.1) is 0 Å². The van der Waals surface area contributed by atoms with Crippen LogP contribution in [0.3, 0.4) is 0 Å². The standard InChI is InChI=1S/C29H46N2O3/c1-2-3-4-5-6-7-8-9-10-11-12-13-14-15-16-17-20-31-28(32)21-24-22-29(33)34-27-23-25(30)18-19-26(24)27/h18-19,22-23H,2-17,20-21,30H2,1H3,(H,31,32). The zero-order chi connectivity index (χ0) is 24.4. The number of nitrogen functional groups attached to an aromatic ring is 1. The van der Waals surface area contributed by atoms with E-state index in [1.807, 2.05) is 0 Å². The molecule has 190 valence electrons. The summed E-state index contributed by atoms with van der Waals surface area (Å²) in [5.41, 5.74) is 6.93. The van der Waals surface area contributed by atoms with Gasteiger partial charge in [-0.05, 0) is 24.1 Å². The normalized spacial score (nSPS) is 11.2. The number of nitrogens with two attached hydrogens (primary N) is 1. The Balaban J connectivity index is 1.44. The number of rotatable bonds is 19. The molecule has 5 heteroatoms. The van der Waals surface area contributed by atoms with Gasteiger partial charge in [0.2, 0.25) is 5.91 Å². The highest BCUT2D eigenvalue weighted by Gasteiger charge is 2.10.